The van der Waals surface area contributed by atoms with Crippen molar-refractivity contribution >= 4 is 35.2 Å². The molecule has 0 bridgehead atoms. The summed E-state index contributed by atoms with van der Waals surface area (Å²) in [6.45, 7) is 0. The maximum Gasteiger partial charge on any atom is 0.340 e. The molecule has 2 aromatic carbocycles. The number of aliphatic imine (C=N–C) groups is 1. The molecule has 0 heterocycles. The van der Waals surface area contributed by atoms with Gasteiger partial charge < -0.3 is 22.5 Å². The Hall–Kier alpha value is -3.26. The number of nitrogens with one attached hydrogen (secondary N) is 1. The van der Waals surface area contributed by atoms with Gasteiger partial charge in [0.2, 0.25) is 0 Å². The minimum atomic E-state index is -1.01. The van der Waals surface area contributed by atoms with Crippen molar-refractivity contribution in [3.05, 3.63) is 60.3 Å². The molecule has 0 aliphatic heterocycles. The minimum Gasteiger partial charge on any atom is -0.383 e. The van der Waals surface area contributed by atoms with Gasteiger partial charge in [0.05, 0.1) is 5.57 Å². The number of carbonyl (C=O) groups is 2. The van der Waals surface area contributed by atoms with Crippen molar-refractivity contribution in [2.75, 3.05) is 11.6 Å². The van der Waals surface area contributed by atoms with E-state index < -0.39 is 11.9 Å². The Morgan fingerprint density at radius 2 is 1.73 bits per heavy atom. The number of primary amides is 2. The third kappa shape index (κ3) is 5.12. The molecule has 8 heteroatoms. The van der Waals surface area contributed by atoms with Crippen LogP contribution in [0.3, 0.4) is 0 Å². The summed E-state index contributed by atoms with van der Waals surface area (Å²) in [6, 6.07) is 14.8. The van der Waals surface area contributed by atoms with E-state index >= 15 is 0 Å². The lowest BCUT2D eigenvalue weighted by Crippen LogP contribution is -2.29. The predicted molar refractivity (Wildman–Crippen MR) is 106 cm³/mol. The fourth-order valence-electron chi connectivity index (χ4n) is 2.17. The Morgan fingerprint density at radius 3 is 2.31 bits per heavy atom. The van der Waals surface area contributed by atoms with Crippen LogP contribution in [0.25, 0.3) is 11.1 Å². The molecule has 0 spiro atoms. The lowest BCUT2D eigenvalue weighted by molar-refractivity contribution is -0.114. The van der Waals surface area contributed by atoms with Crippen LogP contribution in [-0.2, 0) is 4.79 Å². The summed E-state index contributed by atoms with van der Waals surface area (Å²) < 4.78 is 0. The number of nitrogens with zero attached hydrogens (tertiary/aromatic N) is 1. The molecule has 3 amide bonds. The second-order valence-corrected chi connectivity index (χ2v) is 6.09. The summed E-state index contributed by atoms with van der Waals surface area (Å²) in [5.41, 5.74) is 18.4. The molecule has 7 nitrogen and oxygen atoms in total. The van der Waals surface area contributed by atoms with Gasteiger partial charge in [-0.2, -0.15) is 4.99 Å². The summed E-state index contributed by atoms with van der Waals surface area (Å²) >= 11 is 1.68. The third-order valence-corrected chi connectivity index (χ3v) is 4.17. The van der Waals surface area contributed by atoms with E-state index in [1.807, 2.05) is 42.7 Å². The van der Waals surface area contributed by atoms with Gasteiger partial charge in [-0.1, -0.05) is 24.3 Å². The molecular formula is C18H19N5O2S. The number of urea groups is 1. The Morgan fingerprint density at radius 1 is 1.04 bits per heavy atom. The van der Waals surface area contributed by atoms with Gasteiger partial charge in [0.25, 0.3) is 5.91 Å². The van der Waals surface area contributed by atoms with E-state index in [4.69, 9.17) is 17.2 Å². The van der Waals surface area contributed by atoms with Crippen molar-refractivity contribution in [1.82, 2.24) is 0 Å². The fraction of sp³-hybridized carbons (Fsp3) is 0.0556. The second kappa shape index (κ2) is 8.72. The Balaban J connectivity index is 2.20. The molecule has 0 saturated carbocycles. The van der Waals surface area contributed by atoms with Gasteiger partial charge in [0, 0.05) is 16.8 Å². The van der Waals surface area contributed by atoms with Crippen LogP contribution in [0.4, 0.5) is 10.5 Å². The summed E-state index contributed by atoms with van der Waals surface area (Å²) in [6.07, 6.45) is 3.31. The van der Waals surface area contributed by atoms with Gasteiger partial charge in [0.1, 0.15) is 5.84 Å². The topological polar surface area (TPSA) is 137 Å². The molecule has 0 aromatic heterocycles. The quantitative estimate of drug-likeness (QED) is 0.268. The zero-order valence-corrected chi connectivity index (χ0v) is 14.9. The molecule has 7 N–H and O–H groups in total. The molecule has 2 rings (SSSR count). The van der Waals surface area contributed by atoms with Crippen molar-refractivity contribution in [1.29, 1.82) is 0 Å². The van der Waals surface area contributed by atoms with E-state index in [1.165, 1.54) is 11.1 Å². The monoisotopic (exact) mass is 369 g/mol. The highest BCUT2D eigenvalue weighted by Crippen LogP contribution is 2.25. The lowest BCUT2D eigenvalue weighted by Gasteiger charge is -2.07. The van der Waals surface area contributed by atoms with Crippen LogP contribution in [0.1, 0.15) is 0 Å². The number of hydrogen-bond donors (Lipinski definition) is 4. The summed E-state index contributed by atoms with van der Waals surface area (Å²) in [5.74, 6) is -1.17. The first-order valence-corrected chi connectivity index (χ1v) is 8.78. The van der Waals surface area contributed by atoms with E-state index in [1.54, 1.807) is 11.8 Å². The van der Waals surface area contributed by atoms with Gasteiger partial charge in [-0.15, -0.1) is 11.8 Å². The normalized spacial score (nSPS) is 11.9. The van der Waals surface area contributed by atoms with Gasteiger partial charge in [-0.05, 0) is 41.6 Å². The number of hydrogen-bond acceptors (Lipinski definition) is 4. The first-order chi connectivity index (χ1) is 12.4. The van der Waals surface area contributed by atoms with Crippen molar-refractivity contribution in [3.63, 3.8) is 0 Å². The van der Waals surface area contributed by atoms with Gasteiger partial charge >= 0.3 is 6.03 Å². The summed E-state index contributed by atoms with van der Waals surface area (Å²) in [4.78, 5) is 26.7. The number of benzene rings is 2. The SMILES string of the molecule is CSc1cccc(-c2ccc(N/C=C(C(N)=O)\C(N)=N\C(N)=O)cc2)c1. The molecule has 0 aliphatic rings. The van der Waals surface area contributed by atoms with Gasteiger partial charge in [0.15, 0.2) is 0 Å². The van der Waals surface area contributed by atoms with Crippen LogP contribution in [0.5, 0.6) is 0 Å². The van der Waals surface area contributed by atoms with Crippen molar-refractivity contribution in [2.45, 2.75) is 4.90 Å². The Kier molecular flexibility index (Phi) is 6.40. The zero-order valence-electron chi connectivity index (χ0n) is 14.1. The maximum atomic E-state index is 11.4. The van der Waals surface area contributed by atoms with Crippen LogP contribution in [-0.4, -0.2) is 24.0 Å². The van der Waals surface area contributed by atoms with Gasteiger partial charge in [-0.25, -0.2) is 4.79 Å². The van der Waals surface area contributed by atoms with Crippen molar-refractivity contribution in [3.8, 4) is 11.1 Å². The number of carbonyl (C=O) groups excluding carboxylic acids is 2. The number of thioether (sulfide) groups is 1. The standard InChI is InChI=1S/C18H19N5O2S/c1-26-14-4-2-3-12(9-14)11-5-7-13(8-6-11)22-10-15(17(20)24)16(19)23-18(21)25/h2-10,22H,1H3,(H2,20,24)(H4,19,21,23,25)/b15-10+. The van der Waals surface area contributed by atoms with Crippen LogP contribution in [0.15, 0.2) is 70.2 Å². The number of nitrogens with two attached hydrogens (primary N) is 3. The zero-order chi connectivity index (χ0) is 19.1. The largest absolute Gasteiger partial charge is 0.383 e. The lowest BCUT2D eigenvalue weighted by atomic mass is 10.1. The van der Waals surface area contributed by atoms with E-state index in [2.05, 4.69) is 22.4 Å². The minimum absolute atomic E-state index is 0.138. The average Bonchev–Trinajstić information content (AvgIpc) is 2.61. The molecule has 0 unspecified atom stereocenters. The average molecular weight is 369 g/mol. The predicted octanol–water partition coefficient (Wildman–Crippen LogP) is 2.29. The van der Waals surface area contributed by atoms with E-state index in [-0.39, 0.29) is 11.4 Å². The molecule has 26 heavy (non-hydrogen) atoms. The number of amides is 3. The highest BCUT2D eigenvalue weighted by molar-refractivity contribution is 7.98. The first kappa shape index (κ1) is 19.1. The molecule has 134 valence electrons. The van der Waals surface area contributed by atoms with Crippen LogP contribution in [0, 0.1) is 0 Å². The first-order valence-electron chi connectivity index (χ1n) is 7.55. The number of amidine groups is 1. The smallest absolute Gasteiger partial charge is 0.340 e. The highest BCUT2D eigenvalue weighted by Gasteiger charge is 2.11. The number of rotatable bonds is 6. The van der Waals surface area contributed by atoms with E-state index in [9.17, 15) is 9.59 Å². The molecule has 2 aromatic rings. The van der Waals surface area contributed by atoms with Crippen LogP contribution < -0.4 is 22.5 Å². The Bertz CT molecular complexity index is 875. The molecule has 0 aliphatic carbocycles. The molecule has 0 saturated heterocycles. The number of anilines is 1. The Labute approximate surface area is 155 Å². The summed E-state index contributed by atoms with van der Waals surface area (Å²) in [7, 11) is 0. The molecule has 0 radical (unpaired) electrons. The van der Waals surface area contributed by atoms with Crippen molar-refractivity contribution in [2.24, 2.45) is 22.2 Å². The van der Waals surface area contributed by atoms with E-state index in [0.717, 1.165) is 11.1 Å². The van der Waals surface area contributed by atoms with Crippen LogP contribution >= 0.6 is 11.8 Å². The van der Waals surface area contributed by atoms with E-state index in [0.29, 0.717) is 5.69 Å². The highest BCUT2D eigenvalue weighted by atomic mass is 32.2. The second-order valence-electron chi connectivity index (χ2n) is 5.21. The fourth-order valence-corrected chi connectivity index (χ4v) is 2.63. The van der Waals surface area contributed by atoms with Crippen LogP contribution in [0.2, 0.25) is 0 Å². The molecule has 0 atom stereocenters. The maximum absolute atomic E-state index is 11.4. The molecular weight excluding hydrogens is 350 g/mol. The summed E-state index contributed by atoms with van der Waals surface area (Å²) in [5, 5.41) is 2.90. The molecule has 0 fully saturated rings. The third-order valence-electron chi connectivity index (χ3n) is 3.44. The van der Waals surface area contributed by atoms with Crippen molar-refractivity contribution < 1.29 is 9.59 Å². The van der Waals surface area contributed by atoms with Gasteiger partial charge in [-0.3, -0.25) is 4.79 Å².